The van der Waals surface area contributed by atoms with Crippen LogP contribution in [0, 0.1) is 18.8 Å². The molecule has 1 aromatic heterocycles. The van der Waals surface area contributed by atoms with Gasteiger partial charge in [-0.15, -0.1) is 0 Å². The number of nitrogens with one attached hydrogen (secondary N) is 1. The molecule has 3 heteroatoms. The zero-order valence-electron chi connectivity index (χ0n) is 11.4. The van der Waals surface area contributed by atoms with Crippen LogP contribution in [0.5, 0.6) is 0 Å². The number of hydrogen-bond acceptors (Lipinski definition) is 2. The molecule has 1 N–H and O–H groups in total. The smallest absolute Gasteiger partial charge is 0.203 e. The van der Waals surface area contributed by atoms with E-state index in [4.69, 9.17) is 0 Å². The lowest BCUT2D eigenvalue weighted by molar-refractivity contribution is 0.366. The molecule has 1 atom stereocenters. The number of rotatable bonds is 5. The van der Waals surface area contributed by atoms with E-state index in [0.29, 0.717) is 17.9 Å². The van der Waals surface area contributed by atoms with Gasteiger partial charge in [-0.2, -0.15) is 0 Å². The van der Waals surface area contributed by atoms with Gasteiger partial charge in [0.15, 0.2) is 0 Å². The Bertz CT molecular complexity index is 326. The van der Waals surface area contributed by atoms with Crippen LogP contribution in [0.1, 0.15) is 40.3 Å². The van der Waals surface area contributed by atoms with E-state index in [-0.39, 0.29) is 0 Å². The van der Waals surface area contributed by atoms with Gasteiger partial charge in [0.2, 0.25) is 5.95 Å². The number of aromatic nitrogens is 2. The fraction of sp³-hybridized carbons (Fsp3) is 0.769. The third-order valence-corrected chi connectivity index (χ3v) is 2.94. The van der Waals surface area contributed by atoms with E-state index in [1.54, 1.807) is 0 Å². The topological polar surface area (TPSA) is 29.9 Å². The number of nitrogens with zero attached hydrogens (tertiary/aromatic N) is 2. The lowest BCUT2D eigenvalue weighted by Crippen LogP contribution is -2.18. The van der Waals surface area contributed by atoms with Gasteiger partial charge in [0.25, 0.3) is 0 Å². The molecule has 1 unspecified atom stereocenters. The van der Waals surface area contributed by atoms with Crippen LogP contribution in [0.2, 0.25) is 0 Å². The number of anilines is 1. The monoisotopic (exact) mass is 223 g/mol. The minimum Gasteiger partial charge on any atom is -0.353 e. The highest BCUT2D eigenvalue weighted by Gasteiger charge is 2.12. The van der Waals surface area contributed by atoms with Gasteiger partial charge in [0.05, 0.1) is 5.69 Å². The van der Waals surface area contributed by atoms with E-state index < -0.39 is 0 Å². The SMILES string of the molecule is Cc1cn(CC(C)C(C)C)c(NC(C)C)n1. The second-order valence-electron chi connectivity index (χ2n) is 5.38. The molecule has 0 aliphatic carbocycles. The van der Waals surface area contributed by atoms with E-state index in [2.05, 4.69) is 55.7 Å². The molecule has 0 bridgehead atoms. The van der Waals surface area contributed by atoms with Crippen LogP contribution in [0.4, 0.5) is 5.95 Å². The van der Waals surface area contributed by atoms with Crippen LogP contribution in [0.3, 0.4) is 0 Å². The molecule has 0 amide bonds. The zero-order chi connectivity index (χ0) is 12.3. The summed E-state index contributed by atoms with van der Waals surface area (Å²) < 4.78 is 2.24. The highest BCUT2D eigenvalue weighted by molar-refractivity contribution is 5.29. The van der Waals surface area contributed by atoms with Gasteiger partial charge in [-0.05, 0) is 32.6 Å². The maximum absolute atomic E-state index is 4.52. The molecule has 0 spiro atoms. The summed E-state index contributed by atoms with van der Waals surface area (Å²) in [5.41, 5.74) is 1.08. The van der Waals surface area contributed by atoms with E-state index in [9.17, 15) is 0 Å². The summed E-state index contributed by atoms with van der Waals surface area (Å²) in [6.45, 7) is 14.2. The Morgan fingerprint density at radius 3 is 2.38 bits per heavy atom. The van der Waals surface area contributed by atoms with Crippen LogP contribution >= 0.6 is 0 Å². The van der Waals surface area contributed by atoms with Crippen LogP contribution in [0.15, 0.2) is 6.20 Å². The predicted molar refractivity (Wildman–Crippen MR) is 69.7 cm³/mol. The van der Waals surface area contributed by atoms with Crippen molar-refractivity contribution in [3.8, 4) is 0 Å². The van der Waals surface area contributed by atoms with Crippen molar-refractivity contribution in [1.82, 2.24) is 9.55 Å². The molecule has 0 saturated heterocycles. The van der Waals surface area contributed by atoms with Gasteiger partial charge in [-0.3, -0.25) is 0 Å². The number of hydrogen-bond donors (Lipinski definition) is 1. The Morgan fingerprint density at radius 1 is 1.25 bits per heavy atom. The van der Waals surface area contributed by atoms with E-state index in [1.165, 1.54) is 0 Å². The molecule has 0 aliphatic heterocycles. The Hall–Kier alpha value is -0.990. The van der Waals surface area contributed by atoms with Crippen molar-refractivity contribution in [2.75, 3.05) is 5.32 Å². The third-order valence-electron chi connectivity index (χ3n) is 2.94. The molecule has 1 rings (SSSR count). The van der Waals surface area contributed by atoms with Crippen LogP contribution < -0.4 is 5.32 Å². The van der Waals surface area contributed by atoms with Crippen LogP contribution in [-0.2, 0) is 6.54 Å². The van der Waals surface area contributed by atoms with Crippen LogP contribution in [-0.4, -0.2) is 15.6 Å². The average molecular weight is 223 g/mol. The lowest BCUT2D eigenvalue weighted by atomic mass is 9.98. The summed E-state index contributed by atoms with van der Waals surface area (Å²) in [5.74, 6) is 2.37. The largest absolute Gasteiger partial charge is 0.353 e. The molecule has 1 heterocycles. The maximum Gasteiger partial charge on any atom is 0.203 e. The predicted octanol–water partition coefficient (Wildman–Crippen LogP) is 3.30. The minimum absolute atomic E-state index is 0.426. The first kappa shape index (κ1) is 13.1. The molecule has 0 fully saturated rings. The number of aryl methyl sites for hydroxylation is 1. The zero-order valence-corrected chi connectivity index (χ0v) is 11.4. The molecule has 1 aromatic rings. The van der Waals surface area contributed by atoms with Crippen molar-refractivity contribution < 1.29 is 0 Å². The molecule has 92 valence electrons. The van der Waals surface area contributed by atoms with E-state index >= 15 is 0 Å². The van der Waals surface area contributed by atoms with Crippen molar-refractivity contribution in [3.63, 3.8) is 0 Å². The van der Waals surface area contributed by atoms with Gasteiger partial charge < -0.3 is 9.88 Å². The quantitative estimate of drug-likeness (QED) is 0.830. The van der Waals surface area contributed by atoms with Crippen LogP contribution in [0.25, 0.3) is 0 Å². The fourth-order valence-corrected chi connectivity index (χ4v) is 1.58. The van der Waals surface area contributed by atoms with Gasteiger partial charge in [0, 0.05) is 18.8 Å². The Balaban J connectivity index is 2.78. The van der Waals surface area contributed by atoms with E-state index in [0.717, 1.165) is 18.2 Å². The van der Waals surface area contributed by atoms with E-state index in [1.807, 2.05) is 6.92 Å². The summed E-state index contributed by atoms with van der Waals surface area (Å²) in [6, 6.07) is 0.426. The van der Waals surface area contributed by atoms with Crippen molar-refractivity contribution >= 4 is 5.95 Å². The average Bonchev–Trinajstić information content (AvgIpc) is 2.45. The molecule has 3 nitrogen and oxygen atoms in total. The minimum atomic E-state index is 0.426. The fourth-order valence-electron chi connectivity index (χ4n) is 1.58. The highest BCUT2D eigenvalue weighted by atomic mass is 15.2. The molecule has 0 aliphatic rings. The third kappa shape index (κ3) is 3.54. The van der Waals surface area contributed by atoms with Crippen molar-refractivity contribution in [2.45, 2.75) is 54.1 Å². The molecule has 0 saturated carbocycles. The first-order chi connectivity index (χ1) is 7.40. The summed E-state index contributed by atoms with van der Waals surface area (Å²) in [5, 5.41) is 3.39. The summed E-state index contributed by atoms with van der Waals surface area (Å²) in [4.78, 5) is 4.52. The second-order valence-corrected chi connectivity index (χ2v) is 5.38. The van der Waals surface area contributed by atoms with Gasteiger partial charge in [-0.25, -0.2) is 4.98 Å². The summed E-state index contributed by atoms with van der Waals surface area (Å²) in [6.07, 6.45) is 2.13. The number of imidazole rings is 1. The summed E-state index contributed by atoms with van der Waals surface area (Å²) >= 11 is 0. The Morgan fingerprint density at radius 2 is 1.88 bits per heavy atom. The first-order valence-corrected chi connectivity index (χ1v) is 6.20. The maximum atomic E-state index is 4.52. The van der Waals surface area contributed by atoms with Gasteiger partial charge >= 0.3 is 0 Å². The normalized spacial score (nSPS) is 13.5. The van der Waals surface area contributed by atoms with Gasteiger partial charge in [0.1, 0.15) is 0 Å². The lowest BCUT2D eigenvalue weighted by Gasteiger charge is -2.18. The highest BCUT2D eigenvalue weighted by Crippen LogP contribution is 2.17. The summed E-state index contributed by atoms with van der Waals surface area (Å²) in [7, 11) is 0. The van der Waals surface area contributed by atoms with Crippen molar-refractivity contribution in [1.29, 1.82) is 0 Å². The molecule has 0 aromatic carbocycles. The van der Waals surface area contributed by atoms with Crippen molar-refractivity contribution in [2.24, 2.45) is 11.8 Å². The second kappa shape index (κ2) is 5.37. The molecule has 16 heavy (non-hydrogen) atoms. The molecular formula is C13H25N3. The first-order valence-electron chi connectivity index (χ1n) is 6.20. The molecule has 0 radical (unpaired) electrons. The Labute approximate surface area is 99.3 Å². The standard InChI is InChI=1S/C13H25N3/c1-9(2)11(5)7-16-8-12(6)15-13(16)14-10(3)4/h8-11H,7H2,1-6H3,(H,14,15). The van der Waals surface area contributed by atoms with Crippen molar-refractivity contribution in [3.05, 3.63) is 11.9 Å². The Kier molecular flexibility index (Phi) is 4.39. The molecular weight excluding hydrogens is 198 g/mol. The van der Waals surface area contributed by atoms with Gasteiger partial charge in [-0.1, -0.05) is 20.8 Å².